The minimum Gasteiger partial charge on any atom is -0.292 e. The van der Waals surface area contributed by atoms with Gasteiger partial charge in [-0.15, -0.1) is 0 Å². The van der Waals surface area contributed by atoms with Crippen LogP contribution in [0.5, 0.6) is 0 Å². The van der Waals surface area contributed by atoms with Crippen molar-refractivity contribution in [3.63, 3.8) is 0 Å². The molecule has 0 amide bonds. The molecule has 0 atom stereocenters. The fourth-order valence-corrected chi connectivity index (χ4v) is 2.68. The highest BCUT2D eigenvalue weighted by molar-refractivity contribution is 5.95. The lowest BCUT2D eigenvalue weighted by atomic mass is 10.0. The molecule has 0 fully saturated rings. The van der Waals surface area contributed by atoms with Crippen LogP contribution in [0.4, 0.5) is 13.2 Å². The number of ketones is 1. The van der Waals surface area contributed by atoms with Gasteiger partial charge in [0.25, 0.3) is 12.0 Å². The van der Waals surface area contributed by atoms with Crippen LogP contribution in [0.1, 0.15) is 39.3 Å². The predicted octanol–water partition coefficient (Wildman–Crippen LogP) is 3.27. The van der Waals surface area contributed by atoms with Gasteiger partial charge < -0.3 is 0 Å². The van der Waals surface area contributed by atoms with Crippen LogP contribution in [0.25, 0.3) is 0 Å². The van der Waals surface area contributed by atoms with E-state index < -0.39 is 17.8 Å². The highest BCUT2D eigenvalue weighted by Crippen LogP contribution is 2.24. The number of benzene rings is 1. The molecule has 3 aromatic rings. The molecule has 0 aliphatic carbocycles. The monoisotopic (exact) mass is 387 g/mol. The molecule has 0 unspecified atom stereocenters. The number of aryl methyl sites for hydroxylation is 1. The molecule has 144 valence electrons. The van der Waals surface area contributed by atoms with E-state index in [4.69, 9.17) is 0 Å². The van der Waals surface area contributed by atoms with E-state index in [-0.39, 0.29) is 23.5 Å². The van der Waals surface area contributed by atoms with E-state index >= 15 is 0 Å². The third-order valence-electron chi connectivity index (χ3n) is 4.18. The number of carbonyl (C=O) groups excluding carboxylic acids is 1. The Kier molecular flexibility index (Phi) is 5.67. The van der Waals surface area contributed by atoms with Gasteiger partial charge in [-0.1, -0.05) is 12.1 Å². The predicted molar refractivity (Wildman–Crippen MR) is 95.9 cm³/mol. The second kappa shape index (κ2) is 8.16. The van der Waals surface area contributed by atoms with Crippen molar-refractivity contribution in [2.24, 2.45) is 7.05 Å². The fourth-order valence-electron chi connectivity index (χ4n) is 2.68. The summed E-state index contributed by atoms with van der Waals surface area (Å²) in [5.41, 5.74) is 1.02. The van der Waals surface area contributed by atoms with E-state index in [1.54, 1.807) is 18.3 Å². The molecule has 8 heteroatoms. The van der Waals surface area contributed by atoms with Crippen molar-refractivity contribution >= 4 is 5.78 Å². The first-order valence-corrected chi connectivity index (χ1v) is 8.41. The Balaban J connectivity index is 1.70. The van der Waals surface area contributed by atoms with Crippen LogP contribution < -0.4 is 5.56 Å². The highest BCUT2D eigenvalue weighted by Gasteiger charge is 2.14. The summed E-state index contributed by atoms with van der Waals surface area (Å²) in [4.78, 5) is 27.8. The van der Waals surface area contributed by atoms with Crippen LogP contribution in [0.15, 0.2) is 53.5 Å². The second-order valence-corrected chi connectivity index (χ2v) is 6.27. The Labute approximate surface area is 158 Å². The van der Waals surface area contributed by atoms with Crippen molar-refractivity contribution in [1.29, 1.82) is 0 Å². The van der Waals surface area contributed by atoms with Gasteiger partial charge >= 0.3 is 0 Å². The number of Topliss-reactive ketones (excluding diaryl/α,β-unsaturated/α-hetero) is 1. The molecule has 0 spiro atoms. The van der Waals surface area contributed by atoms with Gasteiger partial charge in [-0.05, 0) is 41.8 Å². The first-order valence-electron chi connectivity index (χ1n) is 8.41. The lowest BCUT2D eigenvalue weighted by Crippen LogP contribution is -2.21. The molecule has 2 aromatic heterocycles. The van der Waals surface area contributed by atoms with Crippen LogP contribution in [0, 0.1) is 5.82 Å². The van der Waals surface area contributed by atoms with Crippen LogP contribution >= 0.6 is 0 Å². The van der Waals surface area contributed by atoms with E-state index in [0.29, 0.717) is 17.7 Å². The van der Waals surface area contributed by atoms with Crippen molar-refractivity contribution < 1.29 is 18.0 Å². The number of hydrogen-bond donors (Lipinski definition) is 0. The number of rotatable bonds is 6. The molecular formula is C20H16F3N3O2. The zero-order valence-corrected chi connectivity index (χ0v) is 14.9. The van der Waals surface area contributed by atoms with Crippen molar-refractivity contribution in [2.45, 2.75) is 19.3 Å². The fraction of sp³-hybridized carbons (Fsp3) is 0.200. The van der Waals surface area contributed by atoms with Crippen molar-refractivity contribution in [3.05, 3.63) is 92.9 Å². The number of halogens is 3. The molecule has 0 radical (unpaired) electrons. The summed E-state index contributed by atoms with van der Waals surface area (Å²) in [7, 11) is 1.46. The summed E-state index contributed by atoms with van der Waals surface area (Å²) in [6.07, 6.45) is -1.01. The maximum atomic E-state index is 13.4. The molecule has 1 aromatic carbocycles. The van der Waals surface area contributed by atoms with E-state index in [1.165, 1.54) is 25.2 Å². The minimum absolute atomic E-state index is 0.0115. The van der Waals surface area contributed by atoms with Crippen molar-refractivity contribution in [3.8, 4) is 0 Å². The van der Waals surface area contributed by atoms with E-state index in [0.717, 1.165) is 22.4 Å². The van der Waals surface area contributed by atoms with Crippen molar-refractivity contribution in [2.75, 3.05) is 0 Å². The Morgan fingerprint density at radius 2 is 1.86 bits per heavy atom. The molecule has 0 saturated heterocycles. The largest absolute Gasteiger partial charge is 0.292 e. The standard InChI is InChI=1S/C20H16F3N3O2/c1-26-19(28)7-6-17(25-26)18(27)10-14-4-2-13(11-24-14)8-12-3-5-16(21)15(9-12)20(22)23/h2-7,9,11,20H,8,10H2,1H3. The smallest absolute Gasteiger partial charge is 0.266 e. The molecule has 0 aliphatic heterocycles. The third kappa shape index (κ3) is 4.51. The Bertz CT molecular complexity index is 1060. The summed E-state index contributed by atoms with van der Waals surface area (Å²) in [6.45, 7) is 0. The average molecular weight is 387 g/mol. The van der Waals surface area contributed by atoms with Gasteiger partial charge in [-0.2, -0.15) is 5.10 Å². The number of aromatic nitrogens is 3. The maximum Gasteiger partial charge on any atom is 0.266 e. The zero-order chi connectivity index (χ0) is 20.3. The van der Waals surface area contributed by atoms with Gasteiger partial charge in [0.2, 0.25) is 0 Å². The lowest BCUT2D eigenvalue weighted by molar-refractivity contribution is 0.0985. The maximum absolute atomic E-state index is 13.4. The Morgan fingerprint density at radius 1 is 1.11 bits per heavy atom. The number of nitrogens with zero attached hydrogens (tertiary/aromatic N) is 3. The number of alkyl halides is 2. The van der Waals surface area contributed by atoms with Crippen LogP contribution in [0.3, 0.4) is 0 Å². The van der Waals surface area contributed by atoms with Crippen LogP contribution in [0.2, 0.25) is 0 Å². The second-order valence-electron chi connectivity index (χ2n) is 6.27. The minimum atomic E-state index is -2.88. The molecule has 5 nitrogen and oxygen atoms in total. The molecule has 0 aliphatic rings. The van der Waals surface area contributed by atoms with Gasteiger partial charge in [0.15, 0.2) is 5.78 Å². The zero-order valence-electron chi connectivity index (χ0n) is 14.9. The average Bonchev–Trinajstić information content (AvgIpc) is 2.66. The van der Waals surface area contributed by atoms with Gasteiger partial charge in [-0.25, -0.2) is 17.9 Å². The SMILES string of the molecule is Cn1nc(C(=O)Cc2ccc(Cc3ccc(F)c(C(F)F)c3)cn2)ccc1=O. The first kappa shape index (κ1) is 19.5. The number of pyridine rings is 1. The van der Waals surface area contributed by atoms with E-state index in [1.807, 2.05) is 0 Å². The number of carbonyl (C=O) groups is 1. The molecular weight excluding hydrogens is 371 g/mol. The van der Waals surface area contributed by atoms with Gasteiger partial charge in [0.05, 0.1) is 12.0 Å². The van der Waals surface area contributed by atoms with E-state index in [9.17, 15) is 22.8 Å². The molecule has 0 saturated carbocycles. The van der Waals surface area contributed by atoms with Crippen LogP contribution in [-0.4, -0.2) is 20.5 Å². The summed E-state index contributed by atoms with van der Waals surface area (Å²) in [6, 6.07) is 9.65. The molecule has 0 N–H and O–H groups in total. The van der Waals surface area contributed by atoms with Gasteiger partial charge in [-0.3, -0.25) is 14.6 Å². The van der Waals surface area contributed by atoms with Gasteiger partial charge in [0.1, 0.15) is 11.5 Å². The van der Waals surface area contributed by atoms with Crippen molar-refractivity contribution in [1.82, 2.24) is 14.8 Å². The lowest BCUT2D eigenvalue weighted by Gasteiger charge is -2.07. The quantitative estimate of drug-likeness (QED) is 0.609. The summed E-state index contributed by atoms with van der Waals surface area (Å²) in [5, 5.41) is 3.91. The Morgan fingerprint density at radius 3 is 2.50 bits per heavy atom. The van der Waals surface area contributed by atoms with Gasteiger partial charge in [0, 0.05) is 25.0 Å². The summed E-state index contributed by atoms with van der Waals surface area (Å²) in [5.74, 6) is -1.21. The molecule has 0 bridgehead atoms. The summed E-state index contributed by atoms with van der Waals surface area (Å²) < 4.78 is 40.1. The highest BCUT2D eigenvalue weighted by atomic mass is 19.3. The number of hydrogen-bond acceptors (Lipinski definition) is 4. The Hall–Kier alpha value is -3.29. The normalized spacial score (nSPS) is 11.0. The van der Waals surface area contributed by atoms with E-state index in [2.05, 4.69) is 10.1 Å². The summed E-state index contributed by atoms with van der Waals surface area (Å²) >= 11 is 0. The third-order valence-corrected chi connectivity index (χ3v) is 4.18. The molecule has 3 rings (SSSR count). The first-order chi connectivity index (χ1) is 13.3. The molecule has 28 heavy (non-hydrogen) atoms. The molecule has 2 heterocycles. The topological polar surface area (TPSA) is 64.8 Å². The van der Waals surface area contributed by atoms with Crippen LogP contribution in [-0.2, 0) is 19.9 Å².